The zero-order valence-corrected chi connectivity index (χ0v) is 15.6. The second-order valence-electron chi connectivity index (χ2n) is 7.10. The van der Waals surface area contributed by atoms with Gasteiger partial charge in [-0.3, -0.25) is 9.69 Å². The number of thioether (sulfide) groups is 1. The zero-order chi connectivity index (χ0) is 17.3. The first-order chi connectivity index (χ1) is 12.2. The van der Waals surface area contributed by atoms with Gasteiger partial charge >= 0.3 is 0 Å². The second kappa shape index (κ2) is 7.27. The minimum Gasteiger partial charge on any atom is -0.378 e. The molecule has 0 N–H and O–H groups in total. The molecule has 3 aliphatic heterocycles. The summed E-state index contributed by atoms with van der Waals surface area (Å²) in [5.74, 6) is 1.15. The van der Waals surface area contributed by atoms with Crippen molar-refractivity contribution < 1.29 is 14.3 Å². The Morgan fingerprint density at radius 3 is 3.08 bits per heavy atom. The van der Waals surface area contributed by atoms with Crippen molar-refractivity contribution in [1.29, 1.82) is 0 Å². The number of rotatable bonds is 3. The van der Waals surface area contributed by atoms with Crippen LogP contribution in [0.2, 0.25) is 0 Å². The number of carbonyl (C=O) groups is 1. The Bertz CT molecular complexity index is 633. The Morgan fingerprint density at radius 1 is 1.40 bits per heavy atom. The molecule has 25 heavy (non-hydrogen) atoms. The average molecular weight is 362 g/mol. The maximum Gasteiger partial charge on any atom is 0.241 e. The fraction of sp³-hybridized carbons (Fsp3) is 0.632. The number of para-hydroxylation sites is 1. The van der Waals surface area contributed by atoms with Gasteiger partial charge in [-0.15, -0.1) is 11.8 Å². The molecule has 136 valence electrons. The predicted octanol–water partition coefficient (Wildman–Crippen LogP) is 2.40. The molecule has 1 amide bonds. The van der Waals surface area contributed by atoms with Crippen LogP contribution in [0.5, 0.6) is 0 Å². The molecule has 0 aliphatic carbocycles. The van der Waals surface area contributed by atoms with Gasteiger partial charge in [0.15, 0.2) is 0 Å². The van der Waals surface area contributed by atoms with E-state index in [9.17, 15) is 4.79 Å². The van der Waals surface area contributed by atoms with Crippen molar-refractivity contribution in [2.75, 3.05) is 50.5 Å². The Kier molecular flexibility index (Phi) is 5.04. The van der Waals surface area contributed by atoms with Gasteiger partial charge in [0.1, 0.15) is 5.60 Å². The molecular weight excluding hydrogens is 336 g/mol. The Balaban J connectivity index is 1.45. The number of fused-ring (bicyclic) bond motifs is 1. The van der Waals surface area contributed by atoms with Gasteiger partial charge in [-0.05, 0) is 31.4 Å². The molecule has 1 aromatic carbocycles. The number of hydrogen-bond acceptors (Lipinski definition) is 5. The highest BCUT2D eigenvalue weighted by molar-refractivity contribution is 7.99. The minimum absolute atomic E-state index is 0.147. The van der Waals surface area contributed by atoms with E-state index in [2.05, 4.69) is 17.0 Å². The summed E-state index contributed by atoms with van der Waals surface area (Å²) < 4.78 is 11.8. The van der Waals surface area contributed by atoms with Crippen LogP contribution in [0.15, 0.2) is 29.2 Å². The van der Waals surface area contributed by atoms with Crippen molar-refractivity contribution in [2.24, 2.45) is 0 Å². The summed E-state index contributed by atoms with van der Waals surface area (Å²) in [6.45, 7) is 3.73. The quantitative estimate of drug-likeness (QED) is 0.826. The van der Waals surface area contributed by atoms with Crippen molar-refractivity contribution in [3.8, 4) is 0 Å². The zero-order valence-electron chi connectivity index (χ0n) is 14.8. The van der Waals surface area contributed by atoms with Crippen LogP contribution in [0, 0.1) is 0 Å². The van der Waals surface area contributed by atoms with Crippen LogP contribution in [0.25, 0.3) is 0 Å². The van der Waals surface area contributed by atoms with Gasteiger partial charge < -0.3 is 14.4 Å². The first-order valence-corrected chi connectivity index (χ1v) is 10.1. The smallest absolute Gasteiger partial charge is 0.241 e. The molecule has 3 heterocycles. The number of ether oxygens (including phenoxy) is 2. The van der Waals surface area contributed by atoms with E-state index in [1.807, 2.05) is 28.8 Å². The van der Waals surface area contributed by atoms with E-state index >= 15 is 0 Å². The summed E-state index contributed by atoms with van der Waals surface area (Å²) in [5.41, 5.74) is 0.838. The van der Waals surface area contributed by atoms with Crippen molar-refractivity contribution in [3.63, 3.8) is 0 Å². The van der Waals surface area contributed by atoms with Crippen molar-refractivity contribution in [3.05, 3.63) is 24.3 Å². The third-order valence-corrected chi connectivity index (χ3v) is 6.64. The Labute approximate surface area is 153 Å². The normalized spacial score (nSPS) is 29.8. The topological polar surface area (TPSA) is 42.0 Å². The third-order valence-electron chi connectivity index (χ3n) is 5.59. The number of hydrogen-bond donors (Lipinski definition) is 0. The van der Waals surface area contributed by atoms with Crippen LogP contribution < -0.4 is 4.90 Å². The van der Waals surface area contributed by atoms with Crippen LogP contribution in [0.4, 0.5) is 5.69 Å². The standard InChI is InChI=1S/C19H26N2O3S/c1-23-17-7-9-20(14-19(17)8-4-11-24-19)13-18(22)21-10-12-25-16-6-3-2-5-15(16)21/h2-3,5-6,17H,4,7-14H2,1H3. The van der Waals surface area contributed by atoms with Gasteiger partial charge in [0.2, 0.25) is 5.91 Å². The number of anilines is 1. The van der Waals surface area contributed by atoms with Gasteiger partial charge in [-0.1, -0.05) is 12.1 Å². The molecule has 2 saturated heterocycles. The molecule has 0 saturated carbocycles. The first-order valence-electron chi connectivity index (χ1n) is 9.13. The highest BCUT2D eigenvalue weighted by atomic mass is 32.2. The molecule has 0 bridgehead atoms. The number of carbonyl (C=O) groups excluding carboxylic acids is 1. The maximum atomic E-state index is 13.0. The minimum atomic E-state index is -0.219. The largest absolute Gasteiger partial charge is 0.378 e. The van der Waals surface area contributed by atoms with Crippen LogP contribution in [0.1, 0.15) is 19.3 Å². The van der Waals surface area contributed by atoms with Gasteiger partial charge in [0.05, 0.1) is 18.3 Å². The number of piperidine rings is 1. The molecule has 2 unspecified atom stereocenters. The highest BCUT2D eigenvalue weighted by Crippen LogP contribution is 2.37. The molecule has 1 spiro atoms. The SMILES string of the molecule is COC1CCN(CC(=O)N2CCSc3ccccc32)CC12CCCO2. The highest BCUT2D eigenvalue weighted by Gasteiger charge is 2.47. The second-order valence-corrected chi connectivity index (χ2v) is 8.24. The summed E-state index contributed by atoms with van der Waals surface area (Å²) >= 11 is 1.83. The van der Waals surface area contributed by atoms with Crippen LogP contribution in [-0.4, -0.2) is 68.2 Å². The Morgan fingerprint density at radius 2 is 2.28 bits per heavy atom. The lowest BCUT2D eigenvalue weighted by atomic mass is 9.87. The lowest BCUT2D eigenvalue weighted by molar-refractivity contribution is -0.147. The first kappa shape index (κ1) is 17.3. The van der Waals surface area contributed by atoms with Crippen LogP contribution in [0.3, 0.4) is 0 Å². The molecular formula is C19H26N2O3S. The van der Waals surface area contributed by atoms with E-state index in [0.717, 1.165) is 56.9 Å². The molecule has 3 aliphatic rings. The van der Waals surface area contributed by atoms with E-state index in [1.54, 1.807) is 7.11 Å². The van der Waals surface area contributed by atoms with E-state index in [-0.39, 0.29) is 17.6 Å². The van der Waals surface area contributed by atoms with Crippen LogP contribution in [-0.2, 0) is 14.3 Å². The van der Waals surface area contributed by atoms with Crippen LogP contribution >= 0.6 is 11.8 Å². The fourth-order valence-electron chi connectivity index (χ4n) is 4.39. The average Bonchev–Trinajstić information content (AvgIpc) is 3.10. The summed E-state index contributed by atoms with van der Waals surface area (Å²) in [7, 11) is 1.78. The van der Waals surface area contributed by atoms with Crippen molar-refractivity contribution in [1.82, 2.24) is 4.90 Å². The lowest BCUT2D eigenvalue weighted by Crippen LogP contribution is -2.58. The number of nitrogens with zero attached hydrogens (tertiary/aromatic N) is 2. The number of likely N-dealkylation sites (tertiary alicyclic amines) is 1. The molecule has 0 aromatic heterocycles. The maximum absolute atomic E-state index is 13.0. The molecule has 4 rings (SSSR count). The number of benzene rings is 1. The van der Waals surface area contributed by atoms with E-state index in [1.165, 1.54) is 4.90 Å². The molecule has 2 atom stereocenters. The monoisotopic (exact) mass is 362 g/mol. The molecule has 0 radical (unpaired) electrons. The van der Waals surface area contributed by atoms with E-state index in [0.29, 0.717) is 6.54 Å². The van der Waals surface area contributed by atoms with Crippen molar-refractivity contribution in [2.45, 2.75) is 35.9 Å². The molecule has 1 aromatic rings. The van der Waals surface area contributed by atoms with Gasteiger partial charge in [-0.25, -0.2) is 0 Å². The van der Waals surface area contributed by atoms with Gasteiger partial charge in [-0.2, -0.15) is 0 Å². The predicted molar refractivity (Wildman–Crippen MR) is 99.3 cm³/mol. The van der Waals surface area contributed by atoms with Gasteiger partial charge in [0.25, 0.3) is 0 Å². The summed E-state index contributed by atoms with van der Waals surface area (Å²) in [6, 6.07) is 8.20. The number of methoxy groups -OCH3 is 1. The fourth-order valence-corrected chi connectivity index (χ4v) is 5.39. The summed E-state index contributed by atoms with van der Waals surface area (Å²) in [4.78, 5) is 18.4. The number of amides is 1. The van der Waals surface area contributed by atoms with E-state index in [4.69, 9.17) is 9.47 Å². The molecule has 2 fully saturated rings. The molecule has 6 heteroatoms. The van der Waals surface area contributed by atoms with Crippen molar-refractivity contribution >= 4 is 23.4 Å². The third kappa shape index (κ3) is 3.33. The van der Waals surface area contributed by atoms with Gasteiger partial charge in [0, 0.05) is 44.0 Å². The Hall–Kier alpha value is -1.08. The lowest BCUT2D eigenvalue weighted by Gasteiger charge is -2.45. The molecule has 5 nitrogen and oxygen atoms in total. The van der Waals surface area contributed by atoms with E-state index < -0.39 is 0 Å². The summed E-state index contributed by atoms with van der Waals surface area (Å²) in [6.07, 6.45) is 3.18. The summed E-state index contributed by atoms with van der Waals surface area (Å²) in [5, 5.41) is 0.